The zero-order valence-corrected chi connectivity index (χ0v) is 14.6. The van der Waals surface area contributed by atoms with Gasteiger partial charge in [0.1, 0.15) is 5.75 Å². The van der Waals surface area contributed by atoms with E-state index in [1.54, 1.807) is 0 Å². The Hall–Kier alpha value is -2.34. The fourth-order valence-electron chi connectivity index (χ4n) is 2.07. The van der Waals surface area contributed by atoms with Crippen LogP contribution in [0.5, 0.6) is 5.75 Å². The van der Waals surface area contributed by atoms with Crippen LogP contribution in [0.15, 0.2) is 30.3 Å². The number of hydrogen-bond donors (Lipinski definition) is 2. The van der Waals surface area contributed by atoms with Gasteiger partial charge in [0.15, 0.2) is 0 Å². The third kappa shape index (κ3) is 5.38. The van der Waals surface area contributed by atoms with Crippen LogP contribution in [-0.4, -0.2) is 23.6 Å². The largest absolute Gasteiger partial charge is 0.494 e. The summed E-state index contributed by atoms with van der Waals surface area (Å²) in [5, 5.41) is 11.5. The highest BCUT2D eigenvalue weighted by Crippen LogP contribution is 2.20. The Labute approximate surface area is 145 Å². The summed E-state index contributed by atoms with van der Waals surface area (Å²) in [5.74, 6) is -0.189. The summed E-state index contributed by atoms with van der Waals surface area (Å²) in [6.07, 6.45) is 0.582. The Morgan fingerprint density at radius 1 is 1.21 bits per heavy atom. The Kier molecular flexibility index (Phi) is 6.37. The van der Waals surface area contributed by atoms with Gasteiger partial charge < -0.3 is 15.2 Å². The van der Waals surface area contributed by atoms with E-state index < -0.39 is 5.97 Å². The van der Waals surface area contributed by atoms with Crippen LogP contribution in [0.4, 0.5) is 0 Å². The molecule has 0 atom stereocenters. The number of thiophene rings is 1. The fraction of sp³-hybridized carbons (Fsp3) is 0.333. The monoisotopic (exact) mass is 347 g/mol. The number of carboxylic acids is 1. The predicted octanol–water partition coefficient (Wildman–Crippen LogP) is 3.54. The molecule has 0 unspecified atom stereocenters. The van der Waals surface area contributed by atoms with Crippen LogP contribution in [0.1, 0.15) is 38.5 Å². The van der Waals surface area contributed by atoms with E-state index in [4.69, 9.17) is 9.84 Å². The minimum Gasteiger partial charge on any atom is -0.494 e. The number of carbonyl (C=O) groups is 2. The highest BCUT2D eigenvalue weighted by Gasteiger charge is 2.10. The third-order valence-electron chi connectivity index (χ3n) is 3.57. The van der Waals surface area contributed by atoms with E-state index in [-0.39, 0.29) is 12.3 Å². The van der Waals surface area contributed by atoms with E-state index in [0.29, 0.717) is 25.3 Å². The predicted molar refractivity (Wildman–Crippen MR) is 93.8 cm³/mol. The first-order chi connectivity index (χ1) is 11.5. The van der Waals surface area contributed by atoms with Gasteiger partial charge in [0.25, 0.3) is 5.91 Å². The highest BCUT2D eigenvalue weighted by molar-refractivity contribution is 7.14. The molecule has 1 heterocycles. The molecule has 5 nitrogen and oxygen atoms in total. The maximum Gasteiger partial charge on any atom is 0.303 e. The van der Waals surface area contributed by atoms with Crippen LogP contribution in [0.3, 0.4) is 0 Å². The second-order valence-corrected chi connectivity index (χ2v) is 6.78. The molecule has 0 bridgehead atoms. The molecule has 1 amide bonds. The summed E-state index contributed by atoms with van der Waals surface area (Å²) in [4.78, 5) is 24.4. The number of hydrogen-bond acceptors (Lipinski definition) is 4. The topological polar surface area (TPSA) is 75.6 Å². The number of carboxylic acid groups (broad SMARTS) is 1. The molecule has 2 rings (SSSR count). The van der Waals surface area contributed by atoms with Crippen molar-refractivity contribution in [3.8, 4) is 5.75 Å². The van der Waals surface area contributed by atoms with Gasteiger partial charge in [0.2, 0.25) is 0 Å². The van der Waals surface area contributed by atoms with Gasteiger partial charge in [-0.1, -0.05) is 12.1 Å². The molecule has 6 heteroatoms. The van der Waals surface area contributed by atoms with Crippen molar-refractivity contribution in [2.75, 3.05) is 6.61 Å². The Bertz CT molecular complexity index is 687. The summed E-state index contributed by atoms with van der Waals surface area (Å²) in [6.45, 7) is 4.83. The van der Waals surface area contributed by atoms with Crippen molar-refractivity contribution >= 4 is 23.2 Å². The van der Waals surface area contributed by atoms with Crippen molar-refractivity contribution < 1.29 is 19.4 Å². The molecular weight excluding hydrogens is 326 g/mol. The standard InChI is InChI=1S/C18H21NO4S/c1-12-10-16(24-13(12)2)18(22)19-11-14-5-7-15(8-6-14)23-9-3-4-17(20)21/h5-8,10H,3-4,9,11H2,1-2H3,(H,19,22)(H,20,21). The number of rotatable bonds is 8. The van der Waals surface area contributed by atoms with Gasteiger partial charge in [-0.25, -0.2) is 0 Å². The van der Waals surface area contributed by atoms with Crippen molar-refractivity contribution in [2.24, 2.45) is 0 Å². The van der Waals surface area contributed by atoms with Crippen LogP contribution < -0.4 is 10.1 Å². The van der Waals surface area contributed by atoms with Gasteiger partial charge in [-0.3, -0.25) is 9.59 Å². The van der Waals surface area contributed by atoms with E-state index in [0.717, 1.165) is 20.9 Å². The summed E-state index contributed by atoms with van der Waals surface area (Å²) in [5.41, 5.74) is 2.11. The molecule has 0 saturated carbocycles. The van der Waals surface area contributed by atoms with E-state index >= 15 is 0 Å². The summed E-state index contributed by atoms with van der Waals surface area (Å²) < 4.78 is 5.47. The smallest absolute Gasteiger partial charge is 0.303 e. The third-order valence-corrected chi connectivity index (χ3v) is 4.72. The summed E-state index contributed by atoms with van der Waals surface area (Å²) >= 11 is 1.50. The van der Waals surface area contributed by atoms with Crippen molar-refractivity contribution in [1.82, 2.24) is 5.32 Å². The van der Waals surface area contributed by atoms with Crippen LogP contribution in [0, 0.1) is 13.8 Å². The molecule has 0 aliphatic heterocycles. The van der Waals surface area contributed by atoms with Gasteiger partial charge in [-0.05, 0) is 49.6 Å². The molecule has 0 saturated heterocycles. The average Bonchev–Trinajstić information content (AvgIpc) is 2.89. The maximum absolute atomic E-state index is 12.1. The zero-order valence-electron chi connectivity index (χ0n) is 13.8. The molecule has 2 N–H and O–H groups in total. The zero-order chi connectivity index (χ0) is 17.5. The lowest BCUT2D eigenvalue weighted by Gasteiger charge is -2.07. The summed E-state index contributed by atoms with van der Waals surface area (Å²) in [6, 6.07) is 9.32. The quantitative estimate of drug-likeness (QED) is 0.716. The van der Waals surface area contributed by atoms with Crippen LogP contribution in [0.25, 0.3) is 0 Å². The molecule has 1 aromatic heterocycles. The second-order valence-electron chi connectivity index (χ2n) is 5.52. The number of benzene rings is 1. The molecule has 128 valence electrons. The van der Waals surface area contributed by atoms with Gasteiger partial charge in [0.05, 0.1) is 11.5 Å². The molecule has 0 spiro atoms. The lowest BCUT2D eigenvalue weighted by Crippen LogP contribution is -2.21. The summed E-state index contributed by atoms with van der Waals surface area (Å²) in [7, 11) is 0. The second kappa shape index (κ2) is 8.49. The van der Waals surface area contributed by atoms with Crippen LogP contribution in [0.2, 0.25) is 0 Å². The molecular formula is C18H21NO4S. The molecule has 24 heavy (non-hydrogen) atoms. The van der Waals surface area contributed by atoms with E-state index in [1.165, 1.54) is 11.3 Å². The van der Waals surface area contributed by atoms with E-state index in [2.05, 4.69) is 5.32 Å². The van der Waals surface area contributed by atoms with Crippen molar-refractivity contribution in [2.45, 2.75) is 33.2 Å². The molecule has 0 radical (unpaired) electrons. The minimum absolute atomic E-state index is 0.0646. The van der Waals surface area contributed by atoms with E-state index in [1.807, 2.05) is 44.2 Å². The van der Waals surface area contributed by atoms with Gasteiger partial charge in [-0.2, -0.15) is 0 Å². The molecule has 0 fully saturated rings. The Morgan fingerprint density at radius 2 is 1.92 bits per heavy atom. The van der Waals surface area contributed by atoms with Gasteiger partial charge >= 0.3 is 5.97 Å². The van der Waals surface area contributed by atoms with Crippen LogP contribution >= 0.6 is 11.3 Å². The Morgan fingerprint density at radius 3 is 2.50 bits per heavy atom. The van der Waals surface area contributed by atoms with Crippen molar-refractivity contribution in [1.29, 1.82) is 0 Å². The van der Waals surface area contributed by atoms with Gasteiger partial charge in [-0.15, -0.1) is 11.3 Å². The highest BCUT2D eigenvalue weighted by atomic mass is 32.1. The molecule has 1 aromatic carbocycles. The van der Waals surface area contributed by atoms with Crippen molar-refractivity contribution in [3.63, 3.8) is 0 Å². The first-order valence-corrected chi connectivity index (χ1v) is 8.56. The number of carbonyl (C=O) groups excluding carboxylic acids is 1. The normalized spacial score (nSPS) is 10.4. The molecule has 0 aliphatic rings. The number of aliphatic carboxylic acids is 1. The average molecular weight is 347 g/mol. The van der Waals surface area contributed by atoms with E-state index in [9.17, 15) is 9.59 Å². The lowest BCUT2D eigenvalue weighted by molar-refractivity contribution is -0.137. The fourth-order valence-corrected chi connectivity index (χ4v) is 3.02. The van der Waals surface area contributed by atoms with Crippen molar-refractivity contribution in [3.05, 3.63) is 51.2 Å². The first kappa shape index (κ1) is 18.0. The number of aryl methyl sites for hydroxylation is 2. The number of nitrogens with one attached hydrogen (secondary N) is 1. The number of amides is 1. The molecule has 2 aromatic rings. The lowest BCUT2D eigenvalue weighted by atomic mass is 10.2. The number of ether oxygens (including phenoxy) is 1. The Balaban J connectivity index is 1.79. The van der Waals surface area contributed by atoms with Gasteiger partial charge in [0, 0.05) is 17.8 Å². The first-order valence-electron chi connectivity index (χ1n) is 7.74. The maximum atomic E-state index is 12.1. The van der Waals surface area contributed by atoms with Crippen LogP contribution in [-0.2, 0) is 11.3 Å². The minimum atomic E-state index is -0.819. The SMILES string of the molecule is Cc1cc(C(=O)NCc2ccc(OCCCC(=O)O)cc2)sc1C. The molecule has 0 aliphatic carbocycles.